The number of anilines is 1. The minimum Gasteiger partial charge on any atom is -0.495 e. The van der Waals surface area contributed by atoms with Gasteiger partial charge in [0.2, 0.25) is 15.9 Å². The maximum Gasteiger partial charge on any atom is 0.240 e. The molecular weight excluding hydrogens is 368 g/mol. The number of aryl methyl sites for hydroxylation is 1. The van der Waals surface area contributed by atoms with Gasteiger partial charge in [-0.3, -0.25) is 9.10 Å². The van der Waals surface area contributed by atoms with Crippen LogP contribution in [0.3, 0.4) is 0 Å². The number of carbonyl (C=O) groups excluding carboxylic acids is 1. The molecule has 0 spiro atoms. The van der Waals surface area contributed by atoms with Crippen LogP contribution in [0.1, 0.15) is 37.7 Å². The molecule has 0 aliphatic heterocycles. The van der Waals surface area contributed by atoms with Crippen LogP contribution in [0.5, 0.6) is 5.75 Å². The van der Waals surface area contributed by atoms with Gasteiger partial charge in [0.05, 0.1) is 25.2 Å². The lowest BCUT2D eigenvalue weighted by molar-refractivity contribution is -0.119. The highest BCUT2D eigenvalue weighted by atomic mass is 32.2. The first kappa shape index (κ1) is 21.5. The van der Waals surface area contributed by atoms with Gasteiger partial charge in [0.25, 0.3) is 0 Å². The van der Waals surface area contributed by atoms with Gasteiger partial charge >= 0.3 is 0 Å². The summed E-state index contributed by atoms with van der Waals surface area (Å²) >= 11 is 0. The number of rotatable bonds is 10. The van der Waals surface area contributed by atoms with Gasteiger partial charge in [0.15, 0.2) is 0 Å². The number of amides is 1. The van der Waals surface area contributed by atoms with E-state index in [0.29, 0.717) is 37.1 Å². The second-order valence-electron chi connectivity index (χ2n) is 6.93. The van der Waals surface area contributed by atoms with Crippen LogP contribution >= 0.6 is 0 Å². The predicted molar refractivity (Wildman–Crippen MR) is 106 cm³/mol. The third-order valence-electron chi connectivity index (χ3n) is 4.59. The van der Waals surface area contributed by atoms with Crippen LogP contribution in [0.25, 0.3) is 0 Å². The van der Waals surface area contributed by atoms with Crippen molar-refractivity contribution in [2.24, 2.45) is 0 Å². The van der Waals surface area contributed by atoms with Crippen LogP contribution in [0.15, 0.2) is 18.2 Å². The van der Waals surface area contributed by atoms with Crippen LogP contribution in [-0.4, -0.2) is 53.5 Å². The van der Waals surface area contributed by atoms with Gasteiger partial charge in [0, 0.05) is 13.2 Å². The van der Waals surface area contributed by atoms with E-state index in [0.717, 1.165) is 29.0 Å². The first-order valence-electron chi connectivity index (χ1n) is 9.32. The van der Waals surface area contributed by atoms with E-state index >= 15 is 0 Å². The van der Waals surface area contributed by atoms with E-state index in [-0.39, 0.29) is 12.5 Å². The van der Waals surface area contributed by atoms with Crippen molar-refractivity contribution in [2.45, 2.75) is 45.1 Å². The molecule has 1 saturated carbocycles. The first-order chi connectivity index (χ1) is 12.8. The standard InChI is InChI=1S/C19H30N2O5S/c1-15-9-10-18(25-2)17(13-15)21(27(3,23)24)14-19(22)20-11-6-12-26-16-7-4-5-8-16/h9-10,13,16H,4-8,11-12,14H2,1-3H3,(H,20,22). The molecule has 0 bridgehead atoms. The van der Waals surface area contributed by atoms with Crippen LogP contribution in [0.4, 0.5) is 5.69 Å². The average Bonchev–Trinajstić information content (AvgIpc) is 3.12. The Hall–Kier alpha value is -1.80. The number of benzene rings is 1. The highest BCUT2D eigenvalue weighted by molar-refractivity contribution is 7.92. The minimum atomic E-state index is -3.64. The van der Waals surface area contributed by atoms with Gasteiger partial charge in [-0.1, -0.05) is 18.9 Å². The maximum absolute atomic E-state index is 12.3. The van der Waals surface area contributed by atoms with Crippen LogP contribution in [-0.2, 0) is 19.6 Å². The van der Waals surface area contributed by atoms with Crippen molar-refractivity contribution < 1.29 is 22.7 Å². The molecule has 1 aromatic rings. The van der Waals surface area contributed by atoms with E-state index in [4.69, 9.17) is 9.47 Å². The van der Waals surface area contributed by atoms with Gasteiger partial charge < -0.3 is 14.8 Å². The molecule has 27 heavy (non-hydrogen) atoms. The SMILES string of the molecule is COc1ccc(C)cc1N(CC(=O)NCCCOC1CCCC1)S(C)(=O)=O. The molecule has 0 unspecified atom stereocenters. The van der Waals surface area contributed by atoms with Gasteiger partial charge in [-0.2, -0.15) is 0 Å². The first-order valence-corrected chi connectivity index (χ1v) is 11.2. The van der Waals surface area contributed by atoms with Crippen LogP contribution in [0, 0.1) is 6.92 Å². The average molecular weight is 399 g/mol. The second-order valence-corrected chi connectivity index (χ2v) is 8.83. The number of hydrogen-bond acceptors (Lipinski definition) is 5. The normalized spacial score (nSPS) is 14.9. The summed E-state index contributed by atoms with van der Waals surface area (Å²) in [5.41, 5.74) is 1.24. The van der Waals surface area contributed by atoms with Crippen LogP contribution in [0.2, 0.25) is 0 Å². The van der Waals surface area contributed by atoms with Crippen molar-refractivity contribution >= 4 is 21.6 Å². The molecule has 0 saturated heterocycles. The molecule has 0 heterocycles. The van der Waals surface area contributed by atoms with Gasteiger partial charge in [0.1, 0.15) is 12.3 Å². The van der Waals surface area contributed by atoms with Crippen molar-refractivity contribution in [1.29, 1.82) is 0 Å². The number of hydrogen-bond donors (Lipinski definition) is 1. The summed E-state index contributed by atoms with van der Waals surface area (Å²) in [7, 11) is -2.17. The zero-order valence-corrected chi connectivity index (χ0v) is 17.2. The maximum atomic E-state index is 12.3. The third-order valence-corrected chi connectivity index (χ3v) is 5.72. The van der Waals surface area contributed by atoms with Crippen molar-refractivity contribution in [1.82, 2.24) is 5.32 Å². The zero-order chi connectivity index (χ0) is 19.9. The van der Waals surface area contributed by atoms with E-state index in [2.05, 4.69) is 5.32 Å². The smallest absolute Gasteiger partial charge is 0.240 e. The Labute approximate surface area is 162 Å². The topological polar surface area (TPSA) is 84.9 Å². The Kier molecular flexibility index (Phi) is 7.91. The summed E-state index contributed by atoms with van der Waals surface area (Å²) in [5, 5.41) is 2.77. The lowest BCUT2D eigenvalue weighted by Gasteiger charge is -2.24. The monoisotopic (exact) mass is 398 g/mol. The second kappa shape index (κ2) is 9.94. The summed E-state index contributed by atoms with van der Waals surface area (Å²) in [6, 6.07) is 5.22. The molecule has 1 N–H and O–H groups in total. The van der Waals surface area contributed by atoms with E-state index < -0.39 is 10.0 Å². The Bertz CT molecular complexity index is 730. The van der Waals surface area contributed by atoms with E-state index in [9.17, 15) is 13.2 Å². The van der Waals surface area contributed by atoms with E-state index in [1.807, 2.05) is 13.0 Å². The molecule has 152 valence electrons. The molecular formula is C19H30N2O5S. The lowest BCUT2D eigenvalue weighted by atomic mass is 10.2. The number of sulfonamides is 1. The molecule has 1 aliphatic rings. The van der Waals surface area contributed by atoms with Gasteiger partial charge in [-0.15, -0.1) is 0 Å². The molecule has 2 rings (SSSR count). The van der Waals surface area contributed by atoms with Crippen molar-refractivity contribution in [3.63, 3.8) is 0 Å². The largest absolute Gasteiger partial charge is 0.495 e. The van der Waals surface area contributed by atoms with Gasteiger partial charge in [-0.05, 0) is 43.9 Å². The molecule has 0 aromatic heterocycles. The summed E-state index contributed by atoms with van der Waals surface area (Å²) < 4.78 is 36.6. The Morgan fingerprint density at radius 3 is 2.63 bits per heavy atom. The molecule has 8 heteroatoms. The fourth-order valence-electron chi connectivity index (χ4n) is 3.17. The molecule has 1 aromatic carbocycles. The number of ether oxygens (including phenoxy) is 2. The summed E-state index contributed by atoms with van der Waals surface area (Å²) in [5.74, 6) is 0.0497. The third kappa shape index (κ3) is 6.70. The quantitative estimate of drug-likeness (QED) is 0.611. The van der Waals surface area contributed by atoms with Crippen LogP contribution < -0.4 is 14.4 Å². The summed E-state index contributed by atoms with van der Waals surface area (Å²) in [6.45, 7) is 2.62. The van der Waals surface area contributed by atoms with E-state index in [1.165, 1.54) is 20.0 Å². The molecule has 0 atom stereocenters. The van der Waals surface area contributed by atoms with Crippen molar-refractivity contribution in [2.75, 3.05) is 37.4 Å². The molecule has 0 radical (unpaired) electrons. The highest BCUT2D eigenvalue weighted by Gasteiger charge is 2.24. The Balaban J connectivity index is 1.90. The minimum absolute atomic E-state index is 0.290. The molecule has 1 aliphatic carbocycles. The zero-order valence-electron chi connectivity index (χ0n) is 16.4. The lowest BCUT2D eigenvalue weighted by Crippen LogP contribution is -2.41. The number of nitrogens with one attached hydrogen (secondary N) is 1. The highest BCUT2D eigenvalue weighted by Crippen LogP contribution is 2.30. The fourth-order valence-corrected chi connectivity index (χ4v) is 4.02. The van der Waals surface area contributed by atoms with Crippen molar-refractivity contribution in [3.05, 3.63) is 23.8 Å². The van der Waals surface area contributed by atoms with Crippen molar-refractivity contribution in [3.8, 4) is 5.75 Å². The number of nitrogens with zero attached hydrogens (tertiary/aromatic N) is 1. The predicted octanol–water partition coefficient (Wildman–Crippen LogP) is 2.24. The Morgan fingerprint density at radius 2 is 2.00 bits per heavy atom. The van der Waals surface area contributed by atoms with Gasteiger partial charge in [-0.25, -0.2) is 8.42 Å². The van der Waals surface area contributed by atoms with E-state index in [1.54, 1.807) is 12.1 Å². The molecule has 1 fully saturated rings. The molecule has 1 amide bonds. The Morgan fingerprint density at radius 1 is 1.30 bits per heavy atom. The number of carbonyl (C=O) groups is 1. The summed E-state index contributed by atoms with van der Waals surface area (Å²) in [4.78, 5) is 12.3. The number of methoxy groups -OCH3 is 1. The fraction of sp³-hybridized carbons (Fsp3) is 0.632. The summed E-state index contributed by atoms with van der Waals surface area (Å²) in [6.07, 6.45) is 6.83. The molecule has 7 nitrogen and oxygen atoms in total.